The number of ether oxygens (including phenoxy) is 1. The van der Waals surface area contributed by atoms with Gasteiger partial charge in [0.2, 0.25) is 5.76 Å². The molecule has 0 aliphatic rings. The van der Waals surface area contributed by atoms with Gasteiger partial charge in [0.15, 0.2) is 5.75 Å². The summed E-state index contributed by atoms with van der Waals surface area (Å²) in [5.74, 6) is -3.34. The molecule has 0 aliphatic carbocycles. The standard InChI is InChI=1S/C12H7F5O6S/c1-21-11(18)9-8(10(13)14)7-5(22-9)3-2-4-6(7)23-24(19,20)12(15,16)17/h2-4,10H,1H3. The Labute approximate surface area is 130 Å². The van der Waals surface area contributed by atoms with Gasteiger partial charge in [0, 0.05) is 0 Å². The van der Waals surface area contributed by atoms with Crippen molar-refractivity contribution in [3.8, 4) is 5.75 Å². The molecule has 2 rings (SSSR count). The molecule has 0 fully saturated rings. The van der Waals surface area contributed by atoms with Crippen LogP contribution in [0.5, 0.6) is 5.75 Å². The molecule has 132 valence electrons. The number of halogens is 5. The largest absolute Gasteiger partial charge is 0.534 e. The Morgan fingerprint density at radius 3 is 2.38 bits per heavy atom. The molecule has 6 nitrogen and oxygen atoms in total. The Morgan fingerprint density at radius 2 is 1.88 bits per heavy atom. The molecule has 1 heterocycles. The molecule has 1 aromatic heterocycles. The lowest BCUT2D eigenvalue weighted by Crippen LogP contribution is -2.28. The van der Waals surface area contributed by atoms with Gasteiger partial charge < -0.3 is 13.3 Å². The number of fused-ring (bicyclic) bond motifs is 1. The summed E-state index contributed by atoms with van der Waals surface area (Å²) in [4.78, 5) is 11.5. The molecule has 0 atom stereocenters. The number of alkyl halides is 5. The zero-order chi connectivity index (χ0) is 18.3. The van der Waals surface area contributed by atoms with E-state index in [0.29, 0.717) is 6.07 Å². The Kier molecular flexibility index (Phi) is 4.44. The zero-order valence-electron chi connectivity index (χ0n) is 11.6. The fourth-order valence-electron chi connectivity index (χ4n) is 1.83. The van der Waals surface area contributed by atoms with Crippen molar-refractivity contribution in [2.45, 2.75) is 11.9 Å². The SMILES string of the molecule is COC(=O)c1oc2cccc(OS(=O)(=O)C(F)(F)F)c2c1C(F)F. The van der Waals surface area contributed by atoms with Crippen LogP contribution in [0, 0.1) is 0 Å². The Morgan fingerprint density at radius 1 is 1.25 bits per heavy atom. The van der Waals surface area contributed by atoms with E-state index in [2.05, 4.69) is 8.92 Å². The van der Waals surface area contributed by atoms with E-state index in [0.717, 1.165) is 19.2 Å². The van der Waals surface area contributed by atoms with E-state index in [4.69, 9.17) is 4.42 Å². The fourth-order valence-corrected chi connectivity index (χ4v) is 2.30. The van der Waals surface area contributed by atoms with Gasteiger partial charge in [0.05, 0.1) is 18.1 Å². The first kappa shape index (κ1) is 18.0. The van der Waals surface area contributed by atoms with Crippen LogP contribution in [-0.4, -0.2) is 27.0 Å². The molecule has 0 saturated carbocycles. The number of rotatable bonds is 4. The van der Waals surface area contributed by atoms with Crippen LogP contribution < -0.4 is 4.18 Å². The minimum absolute atomic E-state index is 0.472. The zero-order valence-corrected chi connectivity index (χ0v) is 12.4. The van der Waals surface area contributed by atoms with Crippen molar-refractivity contribution in [2.75, 3.05) is 7.11 Å². The van der Waals surface area contributed by atoms with E-state index in [1.54, 1.807) is 0 Å². The Balaban J connectivity index is 2.73. The van der Waals surface area contributed by atoms with Crippen LogP contribution in [0.3, 0.4) is 0 Å². The van der Waals surface area contributed by atoms with Crippen LogP contribution in [0.2, 0.25) is 0 Å². The van der Waals surface area contributed by atoms with E-state index >= 15 is 0 Å². The number of furan rings is 1. The molecule has 0 spiro atoms. The Hall–Kier alpha value is -2.37. The van der Waals surface area contributed by atoms with Crippen LogP contribution in [0.25, 0.3) is 11.0 Å². The first-order valence-corrected chi connectivity index (χ1v) is 7.33. The number of hydrogen-bond acceptors (Lipinski definition) is 6. The molecular formula is C12H7F5O6S. The summed E-state index contributed by atoms with van der Waals surface area (Å²) in [6, 6.07) is 2.76. The number of benzene rings is 1. The van der Waals surface area contributed by atoms with Gasteiger partial charge in [-0.05, 0) is 12.1 Å². The fraction of sp³-hybridized carbons (Fsp3) is 0.250. The smallest absolute Gasteiger partial charge is 0.463 e. The van der Waals surface area contributed by atoms with Crippen molar-refractivity contribution in [3.63, 3.8) is 0 Å². The number of esters is 1. The van der Waals surface area contributed by atoms with Gasteiger partial charge in [0.1, 0.15) is 5.58 Å². The first-order chi connectivity index (χ1) is 11.0. The minimum Gasteiger partial charge on any atom is -0.463 e. The second kappa shape index (κ2) is 5.92. The van der Waals surface area contributed by atoms with E-state index in [1.165, 1.54) is 0 Å². The van der Waals surface area contributed by atoms with E-state index in [9.17, 15) is 35.2 Å². The summed E-state index contributed by atoms with van der Waals surface area (Å²) in [6.07, 6.45) is -3.38. The summed E-state index contributed by atoms with van der Waals surface area (Å²) in [7, 11) is -5.23. The summed E-state index contributed by atoms with van der Waals surface area (Å²) in [6.45, 7) is 0. The third kappa shape index (κ3) is 3.00. The average molecular weight is 374 g/mol. The van der Waals surface area contributed by atoms with E-state index < -0.39 is 56.1 Å². The number of carbonyl (C=O) groups excluding carboxylic acids is 1. The van der Waals surface area contributed by atoms with Crippen molar-refractivity contribution >= 4 is 27.1 Å². The number of hydrogen-bond donors (Lipinski definition) is 0. The molecule has 0 bridgehead atoms. The molecule has 1 aromatic carbocycles. The molecule has 0 unspecified atom stereocenters. The molecule has 0 N–H and O–H groups in total. The molecule has 2 aromatic rings. The maximum absolute atomic E-state index is 13.2. The molecule has 0 amide bonds. The van der Waals surface area contributed by atoms with Crippen LogP contribution in [0.15, 0.2) is 22.6 Å². The second-order valence-corrected chi connectivity index (χ2v) is 5.79. The van der Waals surface area contributed by atoms with Gasteiger partial charge in [-0.3, -0.25) is 0 Å². The normalized spacial score (nSPS) is 12.6. The van der Waals surface area contributed by atoms with Crippen molar-refractivity contribution < 1.29 is 48.5 Å². The predicted molar refractivity (Wildman–Crippen MR) is 68.1 cm³/mol. The monoisotopic (exact) mass is 374 g/mol. The van der Waals surface area contributed by atoms with Crippen molar-refractivity contribution in [3.05, 3.63) is 29.5 Å². The van der Waals surface area contributed by atoms with Crippen LogP contribution in [0.1, 0.15) is 22.5 Å². The molecule has 0 saturated heterocycles. The Bertz CT molecular complexity index is 883. The maximum Gasteiger partial charge on any atom is 0.534 e. The van der Waals surface area contributed by atoms with Gasteiger partial charge >= 0.3 is 21.6 Å². The van der Waals surface area contributed by atoms with Gasteiger partial charge in [0.25, 0.3) is 6.43 Å². The topological polar surface area (TPSA) is 82.8 Å². The second-order valence-electron chi connectivity index (χ2n) is 4.25. The summed E-state index contributed by atoms with van der Waals surface area (Å²) in [5, 5.41) is -0.777. The van der Waals surface area contributed by atoms with E-state index in [-0.39, 0.29) is 0 Å². The molecule has 0 aliphatic heterocycles. The molecular weight excluding hydrogens is 367 g/mol. The third-order valence-electron chi connectivity index (χ3n) is 2.79. The lowest BCUT2D eigenvalue weighted by molar-refractivity contribution is -0.0499. The molecule has 0 radical (unpaired) electrons. The lowest BCUT2D eigenvalue weighted by atomic mass is 10.1. The summed E-state index contributed by atoms with van der Waals surface area (Å²) in [5.41, 5.74) is -7.37. The lowest BCUT2D eigenvalue weighted by Gasteiger charge is -2.10. The highest BCUT2D eigenvalue weighted by Gasteiger charge is 2.49. The van der Waals surface area contributed by atoms with Crippen LogP contribution in [-0.2, 0) is 14.9 Å². The van der Waals surface area contributed by atoms with Gasteiger partial charge in [-0.1, -0.05) is 6.07 Å². The summed E-state index contributed by atoms with van der Waals surface area (Å²) < 4.78 is 98.9. The van der Waals surface area contributed by atoms with Crippen molar-refractivity contribution in [1.82, 2.24) is 0 Å². The molecule has 12 heteroatoms. The van der Waals surface area contributed by atoms with Gasteiger partial charge in [-0.25, -0.2) is 13.6 Å². The highest BCUT2D eigenvalue weighted by Crippen LogP contribution is 2.40. The first-order valence-electron chi connectivity index (χ1n) is 5.92. The number of carbonyl (C=O) groups is 1. The van der Waals surface area contributed by atoms with E-state index in [1.807, 2.05) is 0 Å². The quantitative estimate of drug-likeness (QED) is 0.353. The minimum atomic E-state index is -6.10. The van der Waals surface area contributed by atoms with Crippen LogP contribution in [0.4, 0.5) is 22.0 Å². The van der Waals surface area contributed by atoms with Gasteiger partial charge in [-0.15, -0.1) is 0 Å². The highest BCUT2D eigenvalue weighted by molar-refractivity contribution is 7.88. The predicted octanol–water partition coefficient (Wildman–Crippen LogP) is 3.39. The molecule has 24 heavy (non-hydrogen) atoms. The third-order valence-corrected chi connectivity index (χ3v) is 3.75. The average Bonchev–Trinajstić information content (AvgIpc) is 2.85. The van der Waals surface area contributed by atoms with Crippen molar-refractivity contribution in [1.29, 1.82) is 0 Å². The number of methoxy groups -OCH3 is 1. The highest BCUT2D eigenvalue weighted by atomic mass is 32.2. The van der Waals surface area contributed by atoms with Crippen molar-refractivity contribution in [2.24, 2.45) is 0 Å². The van der Waals surface area contributed by atoms with Crippen LogP contribution >= 0.6 is 0 Å². The maximum atomic E-state index is 13.2. The summed E-state index contributed by atoms with van der Waals surface area (Å²) >= 11 is 0. The van der Waals surface area contributed by atoms with Gasteiger partial charge in [-0.2, -0.15) is 21.6 Å².